The summed E-state index contributed by atoms with van der Waals surface area (Å²) >= 11 is 5.93. The molecule has 132 valence electrons. The van der Waals surface area contributed by atoms with E-state index in [1.807, 2.05) is 19.1 Å². The molecular weight excluding hydrogens is 358 g/mol. The van der Waals surface area contributed by atoms with Crippen molar-refractivity contribution in [3.05, 3.63) is 70.8 Å². The van der Waals surface area contributed by atoms with Gasteiger partial charge in [0.15, 0.2) is 9.84 Å². The van der Waals surface area contributed by atoms with Gasteiger partial charge in [0.05, 0.1) is 10.9 Å². The van der Waals surface area contributed by atoms with Gasteiger partial charge in [-0.15, -0.1) is 0 Å². The Morgan fingerprint density at radius 3 is 2.36 bits per heavy atom. The minimum atomic E-state index is -3.23. The van der Waals surface area contributed by atoms with E-state index in [-0.39, 0.29) is 16.8 Å². The van der Waals surface area contributed by atoms with Crippen LogP contribution in [0.1, 0.15) is 24.1 Å². The summed E-state index contributed by atoms with van der Waals surface area (Å²) in [6.07, 6.45) is 4.37. The second kappa shape index (κ2) is 7.85. The monoisotopic (exact) mass is 377 g/mol. The number of sulfone groups is 1. The number of hydrogen-bond donors (Lipinski definition) is 0. The molecule has 0 heterocycles. The largest absolute Gasteiger partial charge is 0.335 e. The Morgan fingerprint density at radius 2 is 1.80 bits per heavy atom. The van der Waals surface area contributed by atoms with Crippen molar-refractivity contribution in [3.8, 4) is 0 Å². The lowest BCUT2D eigenvalue weighted by Gasteiger charge is -2.24. The van der Waals surface area contributed by atoms with Crippen LogP contribution < -0.4 is 0 Å². The molecule has 2 aromatic rings. The highest BCUT2D eigenvalue weighted by Crippen LogP contribution is 2.21. The summed E-state index contributed by atoms with van der Waals surface area (Å²) in [6.45, 7) is 1.89. The summed E-state index contributed by atoms with van der Waals surface area (Å²) in [6, 6.07) is 13.6. The minimum Gasteiger partial charge on any atom is -0.335 e. The van der Waals surface area contributed by atoms with Crippen LogP contribution >= 0.6 is 11.6 Å². The van der Waals surface area contributed by atoms with Gasteiger partial charge in [0.2, 0.25) is 5.91 Å². The average molecular weight is 378 g/mol. The Balaban J connectivity index is 2.10. The zero-order valence-electron chi connectivity index (χ0n) is 14.3. The zero-order chi connectivity index (χ0) is 18.6. The normalized spacial score (nSPS) is 13.0. The fourth-order valence-electron chi connectivity index (χ4n) is 2.30. The molecule has 0 radical (unpaired) electrons. The molecule has 0 aliphatic heterocycles. The van der Waals surface area contributed by atoms with Crippen LogP contribution in [0.5, 0.6) is 0 Å². The fraction of sp³-hybridized carbons (Fsp3) is 0.211. The van der Waals surface area contributed by atoms with E-state index in [0.29, 0.717) is 5.02 Å². The van der Waals surface area contributed by atoms with E-state index in [0.717, 1.165) is 11.1 Å². The lowest BCUT2D eigenvalue weighted by atomic mass is 10.1. The van der Waals surface area contributed by atoms with E-state index in [2.05, 4.69) is 0 Å². The standard InChI is InChI=1S/C19H20ClNO3S/c1-14(16-8-10-18(11-9-16)25(3,23)24)21(2)19(22)12-7-15-5-4-6-17(20)13-15/h4-14H,1-3H3/b12-7+. The van der Waals surface area contributed by atoms with Gasteiger partial charge >= 0.3 is 0 Å². The number of benzene rings is 2. The molecule has 6 heteroatoms. The highest BCUT2D eigenvalue weighted by molar-refractivity contribution is 7.90. The molecule has 0 saturated heterocycles. The molecule has 2 aromatic carbocycles. The van der Waals surface area contributed by atoms with Gasteiger partial charge < -0.3 is 4.90 Å². The first-order valence-electron chi connectivity index (χ1n) is 7.69. The lowest BCUT2D eigenvalue weighted by Crippen LogP contribution is -2.28. The Bertz CT molecular complexity index is 889. The third-order valence-electron chi connectivity index (χ3n) is 3.99. The number of rotatable bonds is 5. The van der Waals surface area contributed by atoms with Crippen molar-refractivity contribution in [3.63, 3.8) is 0 Å². The van der Waals surface area contributed by atoms with Crippen LogP contribution in [0.15, 0.2) is 59.5 Å². The number of halogens is 1. The maximum Gasteiger partial charge on any atom is 0.246 e. The number of likely N-dealkylation sites (N-methyl/N-ethyl adjacent to an activating group) is 1. The fourth-order valence-corrected chi connectivity index (χ4v) is 3.13. The van der Waals surface area contributed by atoms with E-state index in [1.54, 1.807) is 54.4 Å². The first-order valence-corrected chi connectivity index (χ1v) is 9.96. The Morgan fingerprint density at radius 1 is 1.16 bits per heavy atom. The van der Waals surface area contributed by atoms with Crippen LogP contribution in [-0.2, 0) is 14.6 Å². The Kier molecular flexibility index (Phi) is 6.03. The van der Waals surface area contributed by atoms with Crippen molar-refractivity contribution in [2.24, 2.45) is 0 Å². The first kappa shape index (κ1) is 19.2. The van der Waals surface area contributed by atoms with E-state index >= 15 is 0 Å². The molecule has 2 rings (SSSR count). The molecule has 0 spiro atoms. The predicted molar refractivity (Wildman–Crippen MR) is 101 cm³/mol. The third kappa shape index (κ3) is 5.18. The maximum absolute atomic E-state index is 12.4. The van der Waals surface area contributed by atoms with Gasteiger partial charge in [-0.25, -0.2) is 8.42 Å². The van der Waals surface area contributed by atoms with E-state index in [4.69, 9.17) is 11.6 Å². The summed E-state index contributed by atoms with van der Waals surface area (Å²) < 4.78 is 23.0. The molecule has 0 aliphatic rings. The number of amides is 1. The molecule has 1 unspecified atom stereocenters. The van der Waals surface area contributed by atoms with Crippen molar-refractivity contribution in [2.75, 3.05) is 13.3 Å². The van der Waals surface area contributed by atoms with Crippen LogP contribution in [0.3, 0.4) is 0 Å². The number of nitrogens with zero attached hydrogens (tertiary/aromatic N) is 1. The Labute approximate surface area is 153 Å². The van der Waals surface area contributed by atoms with Crippen LogP contribution in [0, 0.1) is 0 Å². The summed E-state index contributed by atoms with van der Waals surface area (Å²) in [5.41, 5.74) is 1.71. The molecule has 0 saturated carbocycles. The van der Waals surface area contributed by atoms with Crippen molar-refractivity contribution >= 4 is 33.4 Å². The SMILES string of the molecule is CC(c1ccc(S(C)(=O)=O)cc1)N(C)C(=O)/C=C/c1cccc(Cl)c1. The highest BCUT2D eigenvalue weighted by Gasteiger charge is 2.16. The molecule has 0 aromatic heterocycles. The molecule has 0 N–H and O–H groups in total. The molecule has 0 fully saturated rings. The zero-order valence-corrected chi connectivity index (χ0v) is 15.9. The predicted octanol–water partition coefficient (Wildman–Crippen LogP) is 3.98. The molecular formula is C19H20ClNO3S. The molecule has 4 nitrogen and oxygen atoms in total. The van der Waals surface area contributed by atoms with E-state index < -0.39 is 9.84 Å². The quantitative estimate of drug-likeness (QED) is 0.740. The van der Waals surface area contributed by atoms with Crippen molar-refractivity contribution in [1.29, 1.82) is 0 Å². The van der Waals surface area contributed by atoms with Crippen molar-refractivity contribution in [1.82, 2.24) is 4.90 Å². The van der Waals surface area contributed by atoms with Gasteiger partial charge in [-0.2, -0.15) is 0 Å². The van der Waals surface area contributed by atoms with Gasteiger partial charge in [0.1, 0.15) is 0 Å². The minimum absolute atomic E-state index is 0.153. The van der Waals surface area contributed by atoms with Gasteiger partial charge in [0, 0.05) is 24.4 Å². The highest BCUT2D eigenvalue weighted by atomic mass is 35.5. The van der Waals surface area contributed by atoms with Gasteiger partial charge in [0.25, 0.3) is 0 Å². The first-order chi connectivity index (χ1) is 11.7. The second-order valence-electron chi connectivity index (χ2n) is 5.85. The molecule has 25 heavy (non-hydrogen) atoms. The molecule has 0 bridgehead atoms. The van der Waals surface area contributed by atoms with E-state index in [9.17, 15) is 13.2 Å². The summed E-state index contributed by atoms with van der Waals surface area (Å²) in [7, 11) is -1.52. The Hall–Kier alpha value is -2.11. The number of carbonyl (C=O) groups is 1. The van der Waals surface area contributed by atoms with Crippen molar-refractivity contribution < 1.29 is 13.2 Å². The van der Waals surface area contributed by atoms with Crippen LogP contribution in [0.4, 0.5) is 0 Å². The van der Waals surface area contributed by atoms with Crippen LogP contribution in [-0.4, -0.2) is 32.5 Å². The second-order valence-corrected chi connectivity index (χ2v) is 8.31. The number of carbonyl (C=O) groups excluding carboxylic acids is 1. The van der Waals surface area contributed by atoms with Gasteiger partial charge in [-0.3, -0.25) is 4.79 Å². The summed E-state index contributed by atoms with van der Waals surface area (Å²) in [4.78, 5) is 14.2. The lowest BCUT2D eigenvalue weighted by molar-refractivity contribution is -0.126. The van der Waals surface area contributed by atoms with E-state index in [1.165, 1.54) is 12.3 Å². The summed E-state index contributed by atoms with van der Waals surface area (Å²) in [5, 5.41) is 0.613. The average Bonchev–Trinajstić information content (AvgIpc) is 2.58. The topological polar surface area (TPSA) is 54.5 Å². The maximum atomic E-state index is 12.4. The molecule has 0 aliphatic carbocycles. The molecule has 1 amide bonds. The molecule has 1 atom stereocenters. The summed E-state index contributed by atoms with van der Waals surface area (Å²) in [5.74, 6) is -0.153. The van der Waals surface area contributed by atoms with Gasteiger partial charge in [-0.1, -0.05) is 35.9 Å². The van der Waals surface area contributed by atoms with Gasteiger partial charge in [-0.05, 0) is 48.4 Å². The smallest absolute Gasteiger partial charge is 0.246 e. The van der Waals surface area contributed by atoms with Crippen LogP contribution in [0.2, 0.25) is 5.02 Å². The van der Waals surface area contributed by atoms with Crippen LogP contribution in [0.25, 0.3) is 6.08 Å². The van der Waals surface area contributed by atoms with Crippen molar-refractivity contribution in [2.45, 2.75) is 17.9 Å². The number of hydrogen-bond acceptors (Lipinski definition) is 3. The third-order valence-corrected chi connectivity index (χ3v) is 5.35.